The number of hydrogen-bond donors (Lipinski definition) is 1. The van der Waals surface area contributed by atoms with Gasteiger partial charge in [-0.15, -0.1) is 0 Å². The van der Waals surface area contributed by atoms with E-state index in [1.54, 1.807) is 31.2 Å². The van der Waals surface area contributed by atoms with Crippen molar-refractivity contribution in [2.75, 3.05) is 13.2 Å². The normalized spacial score (nSPS) is 12.4. The van der Waals surface area contributed by atoms with Gasteiger partial charge in [-0.1, -0.05) is 238 Å². The number of aliphatic hydroxyl groups is 1. The molecule has 0 saturated heterocycles. The fourth-order valence-corrected chi connectivity index (χ4v) is 9.14. The summed E-state index contributed by atoms with van der Waals surface area (Å²) in [6.45, 7) is 7.63. The average Bonchev–Trinajstić information content (AvgIpc) is 3.25. The maximum absolute atomic E-state index is 12.6. The van der Waals surface area contributed by atoms with Crippen molar-refractivity contribution < 1.29 is 23.0 Å². The minimum Gasteiger partial charge on any atom is -0.493 e. The molecule has 0 saturated carbocycles. The van der Waals surface area contributed by atoms with Crippen LogP contribution in [0.4, 0.5) is 0 Å². The van der Waals surface area contributed by atoms with E-state index < -0.39 is 15.3 Å². The van der Waals surface area contributed by atoms with Gasteiger partial charge in [0.25, 0.3) is 0 Å². The van der Waals surface area contributed by atoms with Gasteiger partial charge in [0, 0.05) is 11.6 Å². The molecule has 0 aromatic heterocycles. The molecule has 0 fully saturated rings. The quantitative estimate of drug-likeness (QED) is 0.0533. The molecule has 0 aliphatic carbocycles. The van der Waals surface area contributed by atoms with Crippen molar-refractivity contribution in [1.29, 1.82) is 0 Å². The van der Waals surface area contributed by atoms with Gasteiger partial charge < -0.3 is 14.6 Å². The molecule has 5 nitrogen and oxygen atoms in total. The Balaban J connectivity index is 1.73. The van der Waals surface area contributed by atoms with Crippen molar-refractivity contribution in [2.45, 2.75) is 243 Å². The average molecular weight is 839 g/mol. The van der Waals surface area contributed by atoms with Crippen LogP contribution in [0, 0.1) is 0 Å². The van der Waals surface area contributed by atoms with E-state index in [4.69, 9.17) is 9.47 Å². The molecule has 6 heteroatoms. The monoisotopic (exact) mass is 839 g/mol. The molecule has 1 unspecified atom stereocenters. The molecule has 0 aliphatic heterocycles. The Morgan fingerprint density at radius 1 is 0.475 bits per heavy atom. The lowest BCUT2D eigenvalue weighted by molar-refractivity contribution is 0.244. The highest BCUT2D eigenvalue weighted by molar-refractivity contribution is 7.91. The molecule has 338 valence electrons. The molecule has 2 rings (SSSR count). The van der Waals surface area contributed by atoms with Gasteiger partial charge in [0.1, 0.15) is 11.5 Å². The zero-order chi connectivity index (χ0) is 42.5. The SMILES string of the molecule is CCCCCCCCCCCCCCCCCCOc1ccc(C=Cc2ccc(S(=O)(=O)C(O)CC)cc2)c(OCCCCCCCCCCCCCCCCCC)c1. The third-order valence-electron chi connectivity index (χ3n) is 11.9. The van der Waals surface area contributed by atoms with Crippen LogP contribution in [-0.2, 0) is 9.84 Å². The van der Waals surface area contributed by atoms with E-state index in [-0.39, 0.29) is 11.3 Å². The Hall–Kier alpha value is -2.31. The number of rotatable bonds is 41. The molecule has 1 atom stereocenters. The fraction of sp³-hybridized carbons (Fsp3) is 0.736. The van der Waals surface area contributed by atoms with Gasteiger partial charge in [-0.05, 0) is 49.1 Å². The van der Waals surface area contributed by atoms with Gasteiger partial charge in [-0.2, -0.15) is 0 Å². The summed E-state index contributed by atoms with van der Waals surface area (Å²) in [6.07, 6.45) is 47.4. The van der Waals surface area contributed by atoms with Crippen molar-refractivity contribution in [2.24, 2.45) is 0 Å². The first-order valence-electron chi connectivity index (χ1n) is 25.0. The maximum atomic E-state index is 12.6. The minimum absolute atomic E-state index is 0.137. The van der Waals surface area contributed by atoms with Gasteiger partial charge in [0.05, 0.1) is 18.1 Å². The van der Waals surface area contributed by atoms with Gasteiger partial charge >= 0.3 is 0 Å². The molecule has 0 spiro atoms. The molecular formula is C53H90O5S. The predicted octanol–water partition coefficient (Wildman–Crippen LogP) is 16.6. The summed E-state index contributed by atoms with van der Waals surface area (Å²) in [5.41, 5.74) is 0.458. The number of unbranched alkanes of at least 4 members (excludes halogenated alkanes) is 30. The van der Waals surface area contributed by atoms with Gasteiger partial charge in [0.15, 0.2) is 5.44 Å². The fourth-order valence-electron chi connectivity index (χ4n) is 7.87. The summed E-state index contributed by atoms with van der Waals surface area (Å²) in [6, 6.07) is 12.8. The Labute approximate surface area is 364 Å². The van der Waals surface area contributed by atoms with E-state index in [1.807, 2.05) is 24.3 Å². The third kappa shape index (κ3) is 26.6. The van der Waals surface area contributed by atoms with Gasteiger partial charge in [-0.3, -0.25) is 0 Å². The number of benzene rings is 2. The summed E-state index contributed by atoms with van der Waals surface area (Å²) < 4.78 is 37.7. The molecule has 1 N–H and O–H groups in total. The van der Waals surface area contributed by atoms with Crippen molar-refractivity contribution >= 4 is 22.0 Å². The molecule has 59 heavy (non-hydrogen) atoms. The van der Waals surface area contributed by atoms with E-state index in [9.17, 15) is 13.5 Å². The molecule has 0 aliphatic rings. The number of ether oxygens (including phenoxy) is 2. The first-order valence-corrected chi connectivity index (χ1v) is 26.6. The van der Waals surface area contributed by atoms with Crippen LogP contribution in [0.1, 0.15) is 244 Å². The van der Waals surface area contributed by atoms with Crippen molar-refractivity contribution in [3.63, 3.8) is 0 Å². The Bertz CT molecular complexity index is 1390. The highest BCUT2D eigenvalue weighted by Crippen LogP contribution is 2.28. The summed E-state index contributed by atoms with van der Waals surface area (Å²) in [5, 5.41) is 9.98. The van der Waals surface area contributed by atoms with Gasteiger partial charge in [-0.25, -0.2) is 8.42 Å². The van der Waals surface area contributed by atoms with E-state index >= 15 is 0 Å². The molecule has 2 aromatic carbocycles. The lowest BCUT2D eigenvalue weighted by Gasteiger charge is -2.13. The van der Waals surface area contributed by atoms with Gasteiger partial charge in [0.2, 0.25) is 9.84 Å². The lowest BCUT2D eigenvalue weighted by atomic mass is 10.0. The zero-order valence-corrected chi connectivity index (χ0v) is 39.3. The highest BCUT2D eigenvalue weighted by atomic mass is 32.2. The molecule has 0 heterocycles. The van der Waals surface area contributed by atoms with E-state index in [0.717, 1.165) is 35.5 Å². The Morgan fingerprint density at radius 2 is 0.847 bits per heavy atom. The van der Waals surface area contributed by atoms with E-state index in [1.165, 1.54) is 193 Å². The molecule has 0 amide bonds. The van der Waals surface area contributed by atoms with E-state index in [0.29, 0.717) is 13.2 Å². The molecule has 0 radical (unpaired) electrons. The van der Waals surface area contributed by atoms with Crippen molar-refractivity contribution in [1.82, 2.24) is 0 Å². The zero-order valence-electron chi connectivity index (χ0n) is 38.5. The minimum atomic E-state index is -3.74. The van der Waals surface area contributed by atoms with Crippen molar-refractivity contribution in [3.8, 4) is 11.5 Å². The summed E-state index contributed by atoms with van der Waals surface area (Å²) in [4.78, 5) is 0.137. The second kappa shape index (κ2) is 36.4. The van der Waals surface area contributed by atoms with Crippen molar-refractivity contribution in [3.05, 3.63) is 53.6 Å². The second-order valence-electron chi connectivity index (χ2n) is 17.3. The molecule has 2 aromatic rings. The van der Waals surface area contributed by atoms with Crippen LogP contribution >= 0.6 is 0 Å². The summed E-state index contributed by atoms with van der Waals surface area (Å²) >= 11 is 0. The van der Waals surface area contributed by atoms with Crippen LogP contribution in [0.25, 0.3) is 12.2 Å². The number of sulfone groups is 1. The topological polar surface area (TPSA) is 72.8 Å². The summed E-state index contributed by atoms with van der Waals surface area (Å²) in [7, 11) is -3.74. The maximum Gasteiger partial charge on any atom is 0.204 e. The first kappa shape index (κ1) is 52.8. The predicted molar refractivity (Wildman–Crippen MR) is 255 cm³/mol. The number of hydrogen-bond acceptors (Lipinski definition) is 5. The molecule has 0 bridgehead atoms. The number of aliphatic hydroxyl groups excluding tert-OH is 1. The van der Waals surface area contributed by atoms with Crippen LogP contribution in [-0.4, -0.2) is 32.2 Å². The third-order valence-corrected chi connectivity index (χ3v) is 13.9. The highest BCUT2D eigenvalue weighted by Gasteiger charge is 2.23. The Morgan fingerprint density at radius 3 is 1.24 bits per heavy atom. The Kier molecular flexibility index (Phi) is 32.6. The summed E-state index contributed by atoms with van der Waals surface area (Å²) in [5.74, 6) is 1.66. The van der Waals surface area contributed by atoms with Crippen LogP contribution in [0.2, 0.25) is 0 Å². The smallest absolute Gasteiger partial charge is 0.204 e. The van der Waals surface area contributed by atoms with E-state index in [2.05, 4.69) is 19.9 Å². The lowest BCUT2D eigenvalue weighted by Crippen LogP contribution is -2.19. The van der Waals surface area contributed by atoms with Crippen LogP contribution < -0.4 is 9.47 Å². The van der Waals surface area contributed by atoms with Crippen LogP contribution in [0.3, 0.4) is 0 Å². The standard InChI is InChI=1S/C53H90O5S/c1-4-7-9-11-13-15-17-19-21-23-25-27-29-31-33-35-45-57-50-42-41-49(40-37-48-38-43-51(44-39-48)59(55,56)53(54)6-3)52(47-50)58-46-36-34-32-30-28-26-24-22-20-18-16-14-12-10-8-5-2/h37-44,47,53-54H,4-36,45-46H2,1-3H3. The largest absolute Gasteiger partial charge is 0.493 e. The van der Waals surface area contributed by atoms with Crippen LogP contribution in [0.15, 0.2) is 47.4 Å². The van der Waals surface area contributed by atoms with Crippen LogP contribution in [0.5, 0.6) is 11.5 Å². The molecular weight excluding hydrogens is 749 g/mol. The second-order valence-corrected chi connectivity index (χ2v) is 19.4. The first-order chi connectivity index (χ1) is 28.9.